The molecule has 0 aliphatic heterocycles. The molecule has 12 aromatic rings. The summed E-state index contributed by atoms with van der Waals surface area (Å²) < 4.78 is 4.53. The van der Waals surface area contributed by atoms with Gasteiger partial charge in [-0.15, -0.1) is 0 Å². The Kier molecular flexibility index (Phi) is 8.38. The number of hydrogen-bond donors (Lipinski definition) is 0. The van der Waals surface area contributed by atoms with E-state index in [0.29, 0.717) is 5.95 Å². The number of pyridine rings is 2. The molecule has 0 radical (unpaired) electrons. The molecule has 0 aliphatic rings. The zero-order valence-electron chi connectivity index (χ0n) is 33.5. The van der Waals surface area contributed by atoms with Crippen molar-refractivity contribution in [2.24, 2.45) is 0 Å². The lowest BCUT2D eigenvalue weighted by atomic mass is 9.93. The van der Waals surface area contributed by atoms with Gasteiger partial charge < -0.3 is 4.57 Å². The minimum atomic E-state index is 0.635. The Labute approximate surface area is 357 Å². The van der Waals surface area contributed by atoms with Gasteiger partial charge in [0.05, 0.1) is 22.1 Å². The first-order valence-corrected chi connectivity index (χ1v) is 20.7. The zero-order chi connectivity index (χ0) is 41.0. The van der Waals surface area contributed by atoms with Crippen LogP contribution in [0, 0.1) is 0 Å². The third-order valence-electron chi connectivity index (χ3n) is 12.0. The van der Waals surface area contributed by atoms with Gasteiger partial charge in [-0.05, 0) is 141 Å². The fourth-order valence-electron chi connectivity index (χ4n) is 9.03. The quantitative estimate of drug-likeness (QED) is 0.161. The highest BCUT2D eigenvalue weighted by molar-refractivity contribution is 6.12. The second-order valence-corrected chi connectivity index (χ2v) is 15.6. The van der Waals surface area contributed by atoms with Crippen LogP contribution in [0.1, 0.15) is 0 Å². The molecule has 290 valence electrons. The van der Waals surface area contributed by atoms with Gasteiger partial charge in [0.1, 0.15) is 0 Å². The van der Waals surface area contributed by atoms with Crippen molar-refractivity contribution in [1.82, 2.24) is 29.1 Å². The lowest BCUT2D eigenvalue weighted by Crippen LogP contribution is -2.00. The lowest BCUT2D eigenvalue weighted by Gasteiger charge is -2.12. The number of hydrogen-bond acceptors (Lipinski definition) is 4. The number of nitrogens with zero attached hydrogens (tertiary/aromatic N) is 6. The SMILES string of the molecule is c1ccc(-n2c3ccccc3c3cc(-c4ccc5c(c4)c4ccccc4n5-c4ncc(-c5ccc(-c6cc(-c7ccncc7)cc(-c7ccncc7)c6)cc5)cn4)ccc32)cc1. The van der Waals surface area contributed by atoms with Crippen LogP contribution in [0.5, 0.6) is 0 Å². The molecular weight excluding hydrogens is 757 g/mol. The first kappa shape index (κ1) is 35.5. The van der Waals surface area contributed by atoms with Gasteiger partial charge in [-0.25, -0.2) is 9.97 Å². The van der Waals surface area contributed by atoms with Crippen LogP contribution >= 0.6 is 0 Å². The first-order chi connectivity index (χ1) is 30.7. The van der Waals surface area contributed by atoms with E-state index in [1.807, 2.05) is 61.4 Å². The summed E-state index contributed by atoms with van der Waals surface area (Å²) in [6.45, 7) is 0. The van der Waals surface area contributed by atoms with Crippen molar-refractivity contribution >= 4 is 43.6 Å². The van der Waals surface area contributed by atoms with Crippen molar-refractivity contribution in [3.05, 3.63) is 219 Å². The smallest absolute Gasteiger partial charge is 0.234 e. The Hall–Kier alpha value is -8.48. The monoisotopic (exact) mass is 792 g/mol. The summed E-state index contributed by atoms with van der Waals surface area (Å²) in [7, 11) is 0. The molecule has 0 spiro atoms. The minimum Gasteiger partial charge on any atom is -0.309 e. The summed E-state index contributed by atoms with van der Waals surface area (Å²) in [5, 5.41) is 4.80. The molecule has 6 heteroatoms. The second-order valence-electron chi connectivity index (χ2n) is 15.6. The highest BCUT2D eigenvalue weighted by Crippen LogP contribution is 2.39. The molecule has 0 N–H and O–H groups in total. The molecule has 0 aliphatic carbocycles. The van der Waals surface area contributed by atoms with Crippen LogP contribution in [0.2, 0.25) is 0 Å². The maximum Gasteiger partial charge on any atom is 0.234 e. The number of fused-ring (bicyclic) bond motifs is 6. The Bertz CT molecular complexity index is 3540. The van der Waals surface area contributed by atoms with E-state index >= 15 is 0 Å². The highest BCUT2D eigenvalue weighted by Gasteiger charge is 2.17. The van der Waals surface area contributed by atoms with Crippen molar-refractivity contribution in [2.45, 2.75) is 0 Å². The number of aromatic nitrogens is 6. The number of para-hydroxylation sites is 3. The summed E-state index contributed by atoms with van der Waals surface area (Å²) in [5.41, 5.74) is 16.8. The molecule has 5 aromatic heterocycles. The van der Waals surface area contributed by atoms with Crippen molar-refractivity contribution < 1.29 is 0 Å². The normalized spacial score (nSPS) is 11.5. The van der Waals surface area contributed by atoms with Gasteiger partial charge >= 0.3 is 0 Å². The molecule has 0 amide bonds. The van der Waals surface area contributed by atoms with Crippen LogP contribution < -0.4 is 0 Å². The Morgan fingerprint density at radius 2 is 0.677 bits per heavy atom. The van der Waals surface area contributed by atoms with E-state index < -0.39 is 0 Å². The topological polar surface area (TPSA) is 61.4 Å². The molecule has 7 aromatic carbocycles. The third-order valence-corrected chi connectivity index (χ3v) is 12.0. The highest BCUT2D eigenvalue weighted by atomic mass is 15.1. The van der Waals surface area contributed by atoms with Crippen LogP contribution in [0.15, 0.2) is 219 Å². The minimum absolute atomic E-state index is 0.635. The molecule has 0 atom stereocenters. The predicted molar refractivity (Wildman–Crippen MR) is 253 cm³/mol. The first-order valence-electron chi connectivity index (χ1n) is 20.7. The fraction of sp³-hybridized carbons (Fsp3) is 0. The van der Waals surface area contributed by atoms with Gasteiger partial charge in [0.2, 0.25) is 5.95 Å². The third kappa shape index (κ3) is 6.04. The molecule has 5 heterocycles. The number of benzene rings is 7. The van der Waals surface area contributed by atoms with Crippen LogP contribution in [0.4, 0.5) is 0 Å². The molecule has 0 bridgehead atoms. The second kappa shape index (κ2) is 14.7. The molecule has 6 nitrogen and oxygen atoms in total. The molecule has 0 saturated heterocycles. The standard InChI is InChI=1S/C56H36N6/c1-2-8-47(9-3-1)61-52-12-6-4-10-48(52)50-33-41(18-20-54(50)61)42-19-21-55-51(34-42)49-11-5-7-13-53(49)62(55)56-59-35-46(36-60-56)38-16-14-37(15-17-38)43-30-44(39-22-26-57-27-23-39)32-45(31-43)40-24-28-58-29-25-40/h1-36H. The van der Waals surface area contributed by atoms with E-state index in [9.17, 15) is 0 Å². The van der Waals surface area contributed by atoms with Crippen molar-refractivity contribution in [1.29, 1.82) is 0 Å². The van der Waals surface area contributed by atoms with E-state index in [1.165, 1.54) is 27.4 Å². The Balaban J connectivity index is 0.883. The molecule has 12 rings (SSSR count). The van der Waals surface area contributed by atoms with Crippen LogP contribution in [-0.4, -0.2) is 29.1 Å². The summed E-state index contributed by atoms with van der Waals surface area (Å²) in [5.74, 6) is 0.635. The van der Waals surface area contributed by atoms with Crippen LogP contribution in [0.3, 0.4) is 0 Å². The maximum absolute atomic E-state index is 4.98. The van der Waals surface area contributed by atoms with E-state index in [4.69, 9.17) is 9.97 Å². The Morgan fingerprint density at radius 1 is 0.274 bits per heavy atom. The van der Waals surface area contributed by atoms with E-state index in [2.05, 4.69) is 177 Å². The predicted octanol–water partition coefficient (Wildman–Crippen LogP) is 13.8. The summed E-state index contributed by atoms with van der Waals surface area (Å²) in [6, 6.07) is 64.9. The van der Waals surface area contributed by atoms with Gasteiger partial charge in [-0.2, -0.15) is 0 Å². The van der Waals surface area contributed by atoms with Gasteiger partial charge in [-0.3, -0.25) is 14.5 Å². The molecule has 62 heavy (non-hydrogen) atoms. The van der Waals surface area contributed by atoms with Gasteiger partial charge in [0.15, 0.2) is 0 Å². The van der Waals surface area contributed by atoms with Crippen molar-refractivity contribution in [3.63, 3.8) is 0 Å². The fourth-order valence-corrected chi connectivity index (χ4v) is 9.03. The van der Waals surface area contributed by atoms with Crippen molar-refractivity contribution in [2.75, 3.05) is 0 Å². The van der Waals surface area contributed by atoms with Crippen LogP contribution in [-0.2, 0) is 0 Å². The lowest BCUT2D eigenvalue weighted by molar-refractivity contribution is 0.990. The molecular formula is C56H36N6. The van der Waals surface area contributed by atoms with E-state index in [-0.39, 0.29) is 0 Å². The molecule has 0 unspecified atom stereocenters. The molecule has 0 saturated carbocycles. The Morgan fingerprint density at radius 3 is 1.21 bits per heavy atom. The van der Waals surface area contributed by atoms with Crippen molar-refractivity contribution in [3.8, 4) is 67.3 Å². The van der Waals surface area contributed by atoms with Gasteiger partial charge in [0.25, 0.3) is 0 Å². The van der Waals surface area contributed by atoms with Crippen LogP contribution in [0.25, 0.3) is 111 Å². The van der Waals surface area contributed by atoms with Gasteiger partial charge in [0, 0.05) is 70.0 Å². The zero-order valence-corrected chi connectivity index (χ0v) is 33.5. The van der Waals surface area contributed by atoms with E-state index in [0.717, 1.165) is 77.6 Å². The maximum atomic E-state index is 4.98. The van der Waals surface area contributed by atoms with Gasteiger partial charge in [-0.1, -0.05) is 91.0 Å². The summed E-state index contributed by atoms with van der Waals surface area (Å²) in [6.07, 6.45) is 11.2. The largest absolute Gasteiger partial charge is 0.309 e. The number of rotatable bonds is 7. The summed E-state index contributed by atoms with van der Waals surface area (Å²) >= 11 is 0. The summed E-state index contributed by atoms with van der Waals surface area (Å²) in [4.78, 5) is 18.4. The average Bonchev–Trinajstić information content (AvgIpc) is 3.87. The molecule has 0 fully saturated rings. The van der Waals surface area contributed by atoms with E-state index in [1.54, 1.807) is 0 Å². The average molecular weight is 793 g/mol.